The first-order valence-corrected chi connectivity index (χ1v) is 14.2. The number of epoxide rings is 1. The van der Waals surface area contributed by atoms with Crippen molar-refractivity contribution in [3.8, 4) is 5.75 Å². The number of carbonyl (C=O) groups is 4. The Morgan fingerprint density at radius 3 is 2.14 bits per heavy atom. The highest BCUT2D eigenvalue weighted by atomic mass is 16.6. The molecule has 0 bridgehead atoms. The van der Waals surface area contributed by atoms with Gasteiger partial charge in [-0.05, 0) is 49.9 Å². The Kier molecular flexibility index (Phi) is 10.2. The van der Waals surface area contributed by atoms with Crippen molar-refractivity contribution in [1.82, 2.24) is 20.9 Å². The second-order valence-electron chi connectivity index (χ2n) is 11.0. The predicted molar refractivity (Wildman–Crippen MR) is 155 cm³/mol. The molecule has 11 heteroatoms. The summed E-state index contributed by atoms with van der Waals surface area (Å²) >= 11 is 0. The fourth-order valence-corrected chi connectivity index (χ4v) is 4.90. The Morgan fingerprint density at radius 1 is 0.929 bits per heavy atom. The van der Waals surface area contributed by atoms with Crippen LogP contribution in [0.5, 0.6) is 5.75 Å². The number of rotatable bonds is 13. The van der Waals surface area contributed by atoms with Crippen LogP contribution in [-0.2, 0) is 36.7 Å². The number of benzene rings is 2. The predicted octanol–water partition coefficient (Wildman–Crippen LogP) is 1.63. The smallest absolute Gasteiger partial charge is 0.318 e. The minimum Gasteiger partial charge on any atom is -0.497 e. The van der Waals surface area contributed by atoms with Gasteiger partial charge in [-0.15, -0.1) is 0 Å². The first kappa shape index (κ1) is 31.0. The molecule has 11 nitrogen and oxygen atoms in total. The Labute approximate surface area is 246 Å². The van der Waals surface area contributed by atoms with E-state index in [1.165, 1.54) is 0 Å². The molecule has 5 atom stereocenters. The summed E-state index contributed by atoms with van der Waals surface area (Å²) in [5.41, 5.74) is 0.710. The number of amides is 4. The highest BCUT2D eigenvalue weighted by Crippen LogP contribution is 2.29. The largest absolute Gasteiger partial charge is 0.497 e. The second kappa shape index (κ2) is 13.8. The van der Waals surface area contributed by atoms with Gasteiger partial charge in [0.2, 0.25) is 11.8 Å². The van der Waals surface area contributed by atoms with Crippen LogP contribution in [-0.4, -0.2) is 92.3 Å². The zero-order chi connectivity index (χ0) is 30.3. The maximum Gasteiger partial charge on any atom is 0.318 e. The van der Waals surface area contributed by atoms with Gasteiger partial charge in [-0.2, -0.15) is 0 Å². The fourth-order valence-electron chi connectivity index (χ4n) is 4.90. The molecule has 1 unspecified atom stereocenters. The van der Waals surface area contributed by atoms with Crippen molar-refractivity contribution in [3.63, 3.8) is 0 Å². The van der Waals surface area contributed by atoms with Crippen molar-refractivity contribution < 1.29 is 33.4 Å². The van der Waals surface area contributed by atoms with Gasteiger partial charge in [0.15, 0.2) is 5.78 Å². The number of hydrogen-bond donors (Lipinski definition) is 3. The summed E-state index contributed by atoms with van der Waals surface area (Å²) in [6.45, 7) is 4.53. The van der Waals surface area contributed by atoms with E-state index in [1.54, 1.807) is 45.1 Å². The lowest BCUT2D eigenvalue weighted by Gasteiger charge is -2.26. The number of likely N-dealkylation sites (tertiary alicyclic amines) is 1. The summed E-state index contributed by atoms with van der Waals surface area (Å²) in [5, 5.41) is 8.38. The molecule has 0 radical (unpaired) electrons. The van der Waals surface area contributed by atoms with E-state index in [-0.39, 0.29) is 30.8 Å². The Bertz CT molecular complexity index is 1250. The number of carbonyl (C=O) groups excluding carboxylic acids is 4. The van der Waals surface area contributed by atoms with Crippen LogP contribution in [0.3, 0.4) is 0 Å². The molecule has 4 amide bonds. The minimum atomic E-state index is -1.02. The number of ether oxygens (including phenoxy) is 3. The van der Waals surface area contributed by atoms with E-state index in [0.29, 0.717) is 25.4 Å². The molecule has 2 aliphatic rings. The Morgan fingerprint density at radius 2 is 1.55 bits per heavy atom. The highest BCUT2D eigenvalue weighted by Gasteiger charge is 2.50. The van der Waals surface area contributed by atoms with Crippen LogP contribution in [0.4, 0.5) is 4.79 Å². The summed E-state index contributed by atoms with van der Waals surface area (Å²) in [5.74, 6) is -0.611. The van der Waals surface area contributed by atoms with Crippen LogP contribution >= 0.6 is 0 Å². The maximum absolute atomic E-state index is 13.7. The van der Waals surface area contributed by atoms with E-state index in [9.17, 15) is 19.2 Å². The number of nitrogens with zero attached hydrogens (tertiary/aromatic N) is 1. The van der Waals surface area contributed by atoms with Crippen molar-refractivity contribution in [3.05, 3.63) is 65.7 Å². The fraction of sp³-hybridized carbons (Fsp3) is 0.484. The summed E-state index contributed by atoms with van der Waals surface area (Å²) < 4.78 is 15.9. The first-order chi connectivity index (χ1) is 20.1. The molecular weight excluding hydrogens is 540 g/mol. The van der Waals surface area contributed by atoms with Gasteiger partial charge in [0, 0.05) is 26.6 Å². The van der Waals surface area contributed by atoms with Gasteiger partial charge in [0.05, 0.1) is 25.9 Å². The van der Waals surface area contributed by atoms with Gasteiger partial charge in [-0.3, -0.25) is 14.4 Å². The van der Waals surface area contributed by atoms with Gasteiger partial charge in [0.25, 0.3) is 0 Å². The lowest BCUT2D eigenvalue weighted by Crippen LogP contribution is -2.57. The van der Waals surface area contributed by atoms with Crippen LogP contribution in [0.25, 0.3) is 0 Å². The molecule has 2 saturated heterocycles. The molecule has 4 rings (SSSR count). The third kappa shape index (κ3) is 8.07. The lowest BCUT2D eigenvalue weighted by atomic mass is 9.94. The van der Waals surface area contributed by atoms with Crippen LogP contribution in [0, 0.1) is 0 Å². The minimum absolute atomic E-state index is 0.0349. The van der Waals surface area contributed by atoms with Gasteiger partial charge in [-0.25, -0.2) is 4.79 Å². The zero-order valence-electron chi connectivity index (χ0n) is 24.6. The van der Waals surface area contributed by atoms with E-state index in [4.69, 9.17) is 14.2 Å². The average Bonchev–Trinajstić information content (AvgIpc) is 3.56. The van der Waals surface area contributed by atoms with Gasteiger partial charge in [0.1, 0.15) is 23.4 Å². The number of methoxy groups -OCH3 is 2. The van der Waals surface area contributed by atoms with Crippen LogP contribution in [0.1, 0.15) is 31.4 Å². The Hall–Kier alpha value is -3.96. The molecule has 0 aromatic heterocycles. The molecule has 2 aliphatic heterocycles. The number of nitrogens with one attached hydrogen (secondary N) is 3. The van der Waals surface area contributed by atoms with E-state index in [2.05, 4.69) is 16.0 Å². The molecule has 42 heavy (non-hydrogen) atoms. The standard InChI is InChI=1S/C31H40N4O7/c1-20(32-30(39)35-15-14-24(18-35)41-4)28(37)34-26(17-22-10-12-23(40-3)13-11-22)29(38)33-25(27(36)31(2)19-42-31)16-21-8-6-5-7-9-21/h5-13,20,24-26H,14-19H2,1-4H3,(H,32,39)(H,33,38)(H,34,37)/t20-,24?,25+,26+,31-/m1/s1. The lowest BCUT2D eigenvalue weighted by molar-refractivity contribution is -0.133. The van der Waals surface area contributed by atoms with Crippen LogP contribution < -0.4 is 20.7 Å². The second-order valence-corrected chi connectivity index (χ2v) is 11.0. The number of ketones is 1. The monoisotopic (exact) mass is 580 g/mol. The highest BCUT2D eigenvalue weighted by molar-refractivity contribution is 5.98. The number of Topliss-reactive ketones (excluding diaryl/α,β-unsaturated/α-hetero) is 1. The van der Waals surface area contributed by atoms with Crippen molar-refractivity contribution in [2.75, 3.05) is 33.9 Å². The topological polar surface area (TPSA) is 139 Å². The van der Waals surface area contributed by atoms with E-state index < -0.39 is 35.5 Å². The van der Waals surface area contributed by atoms with Crippen molar-refractivity contribution >= 4 is 23.6 Å². The summed E-state index contributed by atoms with van der Waals surface area (Å²) in [4.78, 5) is 54.6. The molecule has 2 heterocycles. The third-order valence-corrected chi connectivity index (χ3v) is 7.74. The maximum atomic E-state index is 13.7. The van der Waals surface area contributed by atoms with Crippen LogP contribution in [0.15, 0.2) is 54.6 Å². The molecule has 0 spiro atoms. The SMILES string of the molecule is COc1ccc(C[C@H](NC(=O)[C@@H](C)NC(=O)N2CCC(OC)C2)C(=O)N[C@@H](Cc2ccccc2)C(=O)[C@@]2(C)CO2)cc1. The number of urea groups is 1. The van der Waals surface area contributed by atoms with Gasteiger partial charge < -0.3 is 35.1 Å². The van der Waals surface area contributed by atoms with E-state index in [0.717, 1.165) is 17.5 Å². The quantitative estimate of drug-likeness (QED) is 0.306. The molecule has 2 fully saturated rings. The van der Waals surface area contributed by atoms with Gasteiger partial charge in [-0.1, -0.05) is 42.5 Å². The molecule has 3 N–H and O–H groups in total. The molecule has 2 aromatic carbocycles. The Balaban J connectivity index is 1.48. The van der Waals surface area contributed by atoms with Crippen LogP contribution in [0.2, 0.25) is 0 Å². The van der Waals surface area contributed by atoms with E-state index in [1.807, 2.05) is 42.5 Å². The summed E-state index contributed by atoms with van der Waals surface area (Å²) in [6.07, 6.45) is 1.12. The van der Waals surface area contributed by atoms with Gasteiger partial charge >= 0.3 is 6.03 Å². The third-order valence-electron chi connectivity index (χ3n) is 7.74. The molecule has 2 aromatic rings. The van der Waals surface area contributed by atoms with Crippen molar-refractivity contribution in [2.45, 2.75) is 62.9 Å². The molecular formula is C31H40N4O7. The zero-order valence-corrected chi connectivity index (χ0v) is 24.6. The first-order valence-electron chi connectivity index (χ1n) is 14.2. The van der Waals surface area contributed by atoms with Crippen molar-refractivity contribution in [1.29, 1.82) is 0 Å². The molecule has 0 saturated carbocycles. The molecule has 226 valence electrons. The van der Waals surface area contributed by atoms with E-state index >= 15 is 0 Å². The van der Waals surface area contributed by atoms with Crippen molar-refractivity contribution in [2.24, 2.45) is 0 Å². The normalized spacial score (nSPS) is 21.5. The summed E-state index contributed by atoms with van der Waals surface area (Å²) in [6, 6.07) is 13.4. The number of hydrogen-bond acceptors (Lipinski definition) is 7. The summed E-state index contributed by atoms with van der Waals surface area (Å²) in [7, 11) is 3.17. The molecule has 0 aliphatic carbocycles. The average molecular weight is 581 g/mol.